The van der Waals surface area contributed by atoms with Crippen LogP contribution in [0.15, 0.2) is 17.3 Å². The van der Waals surface area contributed by atoms with Gasteiger partial charge in [-0.25, -0.2) is 8.42 Å². The van der Waals surface area contributed by atoms with Gasteiger partial charge in [0.15, 0.2) is 0 Å². The first-order valence-corrected chi connectivity index (χ1v) is 8.47. The van der Waals surface area contributed by atoms with Gasteiger partial charge in [0.1, 0.15) is 4.90 Å². The standard InChI is InChI=1S/C10H18N4O2S2/c1-9-8-17-5-4-14(9)18(15,16)10-6-12-13(7-10)3-2-11/h6-7,9H,2-5,8,11H2,1H3. The summed E-state index contributed by atoms with van der Waals surface area (Å²) in [5.41, 5.74) is 5.42. The third-order valence-corrected chi connectivity index (χ3v) is 6.04. The van der Waals surface area contributed by atoms with E-state index in [1.807, 2.05) is 6.92 Å². The average Bonchev–Trinajstić information content (AvgIpc) is 2.79. The summed E-state index contributed by atoms with van der Waals surface area (Å²) in [7, 11) is -3.41. The van der Waals surface area contributed by atoms with Gasteiger partial charge in [0.2, 0.25) is 10.0 Å². The molecule has 1 fully saturated rings. The third kappa shape index (κ3) is 2.71. The Bertz CT molecular complexity index is 500. The van der Waals surface area contributed by atoms with Crippen LogP contribution >= 0.6 is 11.8 Å². The zero-order valence-corrected chi connectivity index (χ0v) is 12.0. The molecule has 0 radical (unpaired) electrons. The van der Waals surface area contributed by atoms with Gasteiger partial charge in [-0.15, -0.1) is 0 Å². The van der Waals surface area contributed by atoms with Crippen molar-refractivity contribution < 1.29 is 8.42 Å². The number of sulfonamides is 1. The van der Waals surface area contributed by atoms with E-state index < -0.39 is 10.0 Å². The van der Waals surface area contributed by atoms with Crippen LogP contribution in [0, 0.1) is 0 Å². The van der Waals surface area contributed by atoms with E-state index >= 15 is 0 Å². The lowest BCUT2D eigenvalue weighted by Gasteiger charge is -2.31. The zero-order chi connectivity index (χ0) is 13.2. The van der Waals surface area contributed by atoms with Gasteiger partial charge in [0.25, 0.3) is 0 Å². The first-order chi connectivity index (χ1) is 8.55. The second-order valence-electron chi connectivity index (χ2n) is 4.27. The predicted octanol–water partition coefficient (Wildman–Crippen LogP) is -0.0322. The molecule has 1 saturated heterocycles. The van der Waals surface area contributed by atoms with Crippen molar-refractivity contribution >= 4 is 21.8 Å². The van der Waals surface area contributed by atoms with Gasteiger partial charge < -0.3 is 5.73 Å². The molecule has 0 spiro atoms. The van der Waals surface area contributed by atoms with Crippen molar-refractivity contribution in [3.63, 3.8) is 0 Å². The van der Waals surface area contributed by atoms with E-state index in [0.717, 1.165) is 11.5 Å². The molecule has 1 unspecified atom stereocenters. The van der Waals surface area contributed by atoms with Crippen molar-refractivity contribution in [2.24, 2.45) is 5.73 Å². The maximum atomic E-state index is 12.4. The van der Waals surface area contributed by atoms with E-state index in [-0.39, 0.29) is 10.9 Å². The van der Waals surface area contributed by atoms with E-state index in [2.05, 4.69) is 5.10 Å². The SMILES string of the molecule is CC1CSCCN1S(=O)(=O)c1cnn(CCN)c1. The molecule has 102 valence electrons. The van der Waals surface area contributed by atoms with Crippen LogP contribution in [0.3, 0.4) is 0 Å². The number of nitrogens with two attached hydrogens (primary N) is 1. The minimum absolute atomic E-state index is 0.0339. The van der Waals surface area contributed by atoms with Crippen LogP contribution in [0.1, 0.15) is 6.92 Å². The second kappa shape index (κ2) is 5.60. The summed E-state index contributed by atoms with van der Waals surface area (Å²) < 4.78 is 28.0. The van der Waals surface area contributed by atoms with Gasteiger partial charge in [-0.1, -0.05) is 0 Å². The highest BCUT2D eigenvalue weighted by molar-refractivity contribution is 7.99. The molecule has 0 aromatic carbocycles. The van der Waals surface area contributed by atoms with Crippen molar-refractivity contribution in [2.75, 3.05) is 24.6 Å². The molecular weight excluding hydrogens is 272 g/mol. The highest BCUT2D eigenvalue weighted by atomic mass is 32.2. The van der Waals surface area contributed by atoms with Gasteiger partial charge in [0, 0.05) is 36.8 Å². The normalized spacial score (nSPS) is 22.2. The summed E-state index contributed by atoms with van der Waals surface area (Å²) >= 11 is 1.79. The monoisotopic (exact) mass is 290 g/mol. The summed E-state index contributed by atoms with van der Waals surface area (Å²) in [6.07, 6.45) is 2.95. The number of aromatic nitrogens is 2. The van der Waals surface area contributed by atoms with Crippen molar-refractivity contribution in [3.05, 3.63) is 12.4 Å². The molecule has 18 heavy (non-hydrogen) atoms. The van der Waals surface area contributed by atoms with E-state index in [4.69, 9.17) is 5.73 Å². The highest BCUT2D eigenvalue weighted by Gasteiger charge is 2.32. The van der Waals surface area contributed by atoms with Crippen molar-refractivity contribution in [3.8, 4) is 0 Å². The fourth-order valence-electron chi connectivity index (χ4n) is 1.94. The minimum atomic E-state index is -3.41. The molecule has 1 atom stereocenters. The summed E-state index contributed by atoms with van der Waals surface area (Å²) in [6.45, 7) is 3.48. The molecule has 1 aromatic rings. The van der Waals surface area contributed by atoms with Crippen molar-refractivity contribution in [2.45, 2.75) is 24.4 Å². The Morgan fingerprint density at radius 1 is 1.61 bits per heavy atom. The molecule has 2 N–H and O–H groups in total. The fourth-order valence-corrected chi connectivity index (χ4v) is 4.75. The molecule has 2 heterocycles. The maximum absolute atomic E-state index is 12.4. The molecule has 1 aliphatic rings. The highest BCUT2D eigenvalue weighted by Crippen LogP contribution is 2.23. The molecule has 1 aliphatic heterocycles. The topological polar surface area (TPSA) is 81.2 Å². The Hall–Kier alpha value is -0.570. The quantitative estimate of drug-likeness (QED) is 0.842. The Morgan fingerprint density at radius 3 is 3.06 bits per heavy atom. The predicted molar refractivity (Wildman–Crippen MR) is 72.0 cm³/mol. The smallest absolute Gasteiger partial charge is 0.246 e. The van der Waals surface area contributed by atoms with E-state index in [1.54, 1.807) is 26.9 Å². The van der Waals surface area contributed by atoms with Crippen LogP contribution in [0.5, 0.6) is 0 Å². The zero-order valence-electron chi connectivity index (χ0n) is 10.3. The molecule has 2 rings (SSSR count). The van der Waals surface area contributed by atoms with Crippen molar-refractivity contribution in [1.82, 2.24) is 14.1 Å². The lowest BCUT2D eigenvalue weighted by molar-refractivity contribution is 0.367. The van der Waals surface area contributed by atoms with E-state index in [9.17, 15) is 8.42 Å². The van der Waals surface area contributed by atoms with Gasteiger partial charge in [-0.2, -0.15) is 21.2 Å². The lowest BCUT2D eigenvalue weighted by Crippen LogP contribution is -2.44. The molecular formula is C10H18N4O2S2. The molecule has 1 aromatic heterocycles. The largest absolute Gasteiger partial charge is 0.329 e. The average molecular weight is 290 g/mol. The Balaban J connectivity index is 2.23. The molecule has 8 heteroatoms. The number of thioether (sulfide) groups is 1. The maximum Gasteiger partial charge on any atom is 0.246 e. The summed E-state index contributed by atoms with van der Waals surface area (Å²) in [5, 5.41) is 4.02. The lowest BCUT2D eigenvalue weighted by atomic mass is 10.4. The molecule has 0 bridgehead atoms. The Labute approximate surface area is 112 Å². The van der Waals surface area contributed by atoms with Gasteiger partial charge in [0.05, 0.1) is 12.7 Å². The summed E-state index contributed by atoms with van der Waals surface area (Å²) in [6, 6.07) is 0.0339. The van der Waals surface area contributed by atoms with E-state index in [0.29, 0.717) is 19.6 Å². The number of hydrogen-bond acceptors (Lipinski definition) is 5. The number of hydrogen-bond donors (Lipinski definition) is 1. The Kier molecular flexibility index (Phi) is 4.31. The second-order valence-corrected chi connectivity index (χ2v) is 7.31. The minimum Gasteiger partial charge on any atom is -0.329 e. The fraction of sp³-hybridized carbons (Fsp3) is 0.700. The first kappa shape index (κ1) is 13.9. The van der Waals surface area contributed by atoms with Crippen LogP contribution in [0.2, 0.25) is 0 Å². The van der Waals surface area contributed by atoms with Crippen LogP contribution in [-0.2, 0) is 16.6 Å². The molecule has 6 nitrogen and oxygen atoms in total. The van der Waals surface area contributed by atoms with Gasteiger partial charge in [-0.3, -0.25) is 4.68 Å². The van der Waals surface area contributed by atoms with Crippen molar-refractivity contribution in [1.29, 1.82) is 0 Å². The molecule has 0 aliphatic carbocycles. The van der Waals surface area contributed by atoms with Crippen LogP contribution in [0.25, 0.3) is 0 Å². The number of nitrogens with zero attached hydrogens (tertiary/aromatic N) is 3. The number of rotatable bonds is 4. The van der Waals surface area contributed by atoms with Crippen LogP contribution < -0.4 is 5.73 Å². The molecule has 0 amide bonds. The third-order valence-electron chi connectivity index (χ3n) is 2.88. The molecule has 0 saturated carbocycles. The summed E-state index contributed by atoms with van der Waals surface area (Å²) in [5.74, 6) is 1.69. The first-order valence-electron chi connectivity index (χ1n) is 5.88. The summed E-state index contributed by atoms with van der Waals surface area (Å²) in [4.78, 5) is 0.259. The van der Waals surface area contributed by atoms with Gasteiger partial charge in [-0.05, 0) is 6.92 Å². The van der Waals surface area contributed by atoms with Crippen LogP contribution in [0.4, 0.5) is 0 Å². The van der Waals surface area contributed by atoms with Crippen LogP contribution in [-0.4, -0.2) is 53.1 Å². The Morgan fingerprint density at radius 2 is 2.39 bits per heavy atom. The van der Waals surface area contributed by atoms with Gasteiger partial charge >= 0.3 is 0 Å². The van der Waals surface area contributed by atoms with E-state index in [1.165, 1.54) is 6.20 Å².